The number of ether oxygens (including phenoxy) is 2. The maximum Gasteiger partial charge on any atom is 0.573 e. The second kappa shape index (κ2) is 5.92. The Morgan fingerprint density at radius 1 is 1.23 bits per heavy atom. The van der Waals surface area contributed by atoms with E-state index in [0.29, 0.717) is 5.56 Å². The van der Waals surface area contributed by atoms with Gasteiger partial charge in [0.05, 0.1) is 7.11 Å². The van der Waals surface area contributed by atoms with Crippen molar-refractivity contribution in [1.29, 1.82) is 0 Å². The van der Waals surface area contributed by atoms with Crippen LogP contribution < -0.4 is 10.5 Å². The van der Waals surface area contributed by atoms with Crippen molar-refractivity contribution < 1.29 is 27.4 Å². The molecule has 5 nitrogen and oxygen atoms in total. The minimum Gasteiger partial charge on any atom is -0.464 e. The van der Waals surface area contributed by atoms with Crippen LogP contribution in [0.3, 0.4) is 0 Å². The first-order chi connectivity index (χ1) is 10.3. The molecule has 0 aliphatic rings. The van der Waals surface area contributed by atoms with Crippen LogP contribution in [-0.4, -0.2) is 24.4 Å². The number of rotatable bonds is 3. The third-order valence-corrected chi connectivity index (χ3v) is 2.67. The first kappa shape index (κ1) is 15.6. The summed E-state index contributed by atoms with van der Waals surface area (Å²) < 4.78 is 45.2. The molecule has 0 radical (unpaired) electrons. The van der Waals surface area contributed by atoms with Crippen molar-refractivity contribution >= 4 is 11.8 Å². The van der Waals surface area contributed by atoms with E-state index in [9.17, 15) is 18.0 Å². The molecule has 0 amide bonds. The molecule has 2 rings (SSSR count). The molecule has 2 N–H and O–H groups in total. The van der Waals surface area contributed by atoms with Gasteiger partial charge in [0.25, 0.3) is 0 Å². The van der Waals surface area contributed by atoms with E-state index in [1.807, 2.05) is 0 Å². The zero-order chi connectivity index (χ0) is 16.3. The van der Waals surface area contributed by atoms with Crippen LogP contribution in [-0.2, 0) is 4.74 Å². The van der Waals surface area contributed by atoms with Gasteiger partial charge >= 0.3 is 12.3 Å². The summed E-state index contributed by atoms with van der Waals surface area (Å²) in [5, 5.41) is 0. The lowest BCUT2D eigenvalue weighted by molar-refractivity contribution is -0.274. The zero-order valence-electron chi connectivity index (χ0n) is 11.3. The van der Waals surface area contributed by atoms with Crippen molar-refractivity contribution in [3.8, 4) is 16.9 Å². The molecule has 0 spiro atoms. The molecule has 0 aliphatic heterocycles. The van der Waals surface area contributed by atoms with E-state index in [0.717, 1.165) is 12.1 Å². The van der Waals surface area contributed by atoms with E-state index in [-0.39, 0.29) is 17.1 Å². The van der Waals surface area contributed by atoms with Gasteiger partial charge < -0.3 is 15.2 Å². The van der Waals surface area contributed by atoms with Crippen LogP contribution in [0.15, 0.2) is 36.4 Å². The highest BCUT2D eigenvalue weighted by Crippen LogP contribution is 2.30. The third kappa shape index (κ3) is 3.66. The molecule has 0 fully saturated rings. The Hall–Kier alpha value is -2.77. The number of alkyl halides is 3. The first-order valence-electron chi connectivity index (χ1n) is 6.01. The first-order valence-corrected chi connectivity index (χ1v) is 6.01. The van der Waals surface area contributed by atoms with Crippen LogP contribution in [0.2, 0.25) is 0 Å². The Morgan fingerprint density at radius 3 is 2.59 bits per heavy atom. The van der Waals surface area contributed by atoms with Gasteiger partial charge in [0.1, 0.15) is 11.6 Å². The smallest absolute Gasteiger partial charge is 0.464 e. The molecule has 1 aromatic heterocycles. The molecular weight excluding hydrogens is 301 g/mol. The van der Waals surface area contributed by atoms with Crippen molar-refractivity contribution in [1.82, 2.24) is 4.98 Å². The average molecular weight is 312 g/mol. The lowest BCUT2D eigenvalue weighted by atomic mass is 10.0. The Balaban J connectivity index is 2.48. The zero-order valence-corrected chi connectivity index (χ0v) is 11.3. The number of methoxy groups -OCH3 is 1. The number of anilines is 1. The number of nitrogens with two attached hydrogens (primary N) is 1. The molecular formula is C14H11F3N2O3. The van der Waals surface area contributed by atoms with E-state index in [1.165, 1.54) is 31.4 Å². The minimum absolute atomic E-state index is 0.0897. The van der Waals surface area contributed by atoms with Gasteiger partial charge in [0.15, 0.2) is 5.69 Å². The topological polar surface area (TPSA) is 74.4 Å². The van der Waals surface area contributed by atoms with Crippen LogP contribution in [0.1, 0.15) is 10.5 Å². The Kier molecular flexibility index (Phi) is 4.20. The number of hydrogen-bond donors (Lipinski definition) is 1. The molecule has 2 aromatic rings. The molecule has 0 aliphatic carbocycles. The number of halogens is 3. The van der Waals surface area contributed by atoms with E-state index in [2.05, 4.69) is 14.5 Å². The van der Waals surface area contributed by atoms with Gasteiger partial charge in [-0.25, -0.2) is 9.78 Å². The Bertz CT molecular complexity index is 702. The maximum absolute atomic E-state index is 12.3. The summed E-state index contributed by atoms with van der Waals surface area (Å²) in [5.74, 6) is -1.06. The number of carbonyl (C=O) groups excluding carboxylic acids is 1. The van der Waals surface area contributed by atoms with Crippen LogP contribution in [0, 0.1) is 0 Å². The summed E-state index contributed by atoms with van der Waals surface area (Å²) in [6.45, 7) is 0. The summed E-state index contributed by atoms with van der Waals surface area (Å²) in [6.07, 6.45) is -4.80. The Labute approximate surface area is 123 Å². The van der Waals surface area contributed by atoms with E-state index in [1.54, 1.807) is 0 Å². The normalized spacial score (nSPS) is 11.1. The van der Waals surface area contributed by atoms with Gasteiger partial charge in [-0.05, 0) is 29.8 Å². The van der Waals surface area contributed by atoms with Crippen molar-refractivity contribution in [3.63, 3.8) is 0 Å². The monoisotopic (exact) mass is 312 g/mol. The molecule has 22 heavy (non-hydrogen) atoms. The molecule has 0 unspecified atom stereocenters. The van der Waals surface area contributed by atoms with E-state index >= 15 is 0 Å². The predicted octanol–water partition coefficient (Wildman–Crippen LogP) is 3.02. The highest BCUT2D eigenvalue weighted by Gasteiger charge is 2.31. The number of aromatic nitrogens is 1. The largest absolute Gasteiger partial charge is 0.573 e. The fourth-order valence-electron chi connectivity index (χ4n) is 1.82. The summed E-state index contributed by atoms with van der Waals surface area (Å²) in [5.41, 5.74) is 6.03. The molecule has 0 atom stereocenters. The van der Waals surface area contributed by atoms with Crippen molar-refractivity contribution in [2.45, 2.75) is 6.36 Å². The number of carbonyl (C=O) groups is 1. The molecule has 8 heteroatoms. The summed E-state index contributed by atoms with van der Waals surface area (Å²) >= 11 is 0. The minimum atomic E-state index is -4.80. The second-order valence-corrected chi connectivity index (χ2v) is 4.20. The highest BCUT2D eigenvalue weighted by atomic mass is 19.4. The van der Waals surface area contributed by atoms with Crippen molar-refractivity contribution in [2.75, 3.05) is 12.8 Å². The fourth-order valence-corrected chi connectivity index (χ4v) is 1.82. The van der Waals surface area contributed by atoms with Gasteiger partial charge in [-0.2, -0.15) is 0 Å². The van der Waals surface area contributed by atoms with Crippen LogP contribution in [0.5, 0.6) is 5.75 Å². The molecule has 116 valence electrons. The quantitative estimate of drug-likeness (QED) is 0.882. The number of nitrogen functional groups attached to an aromatic ring is 1. The van der Waals surface area contributed by atoms with Crippen molar-refractivity contribution in [2.24, 2.45) is 0 Å². The number of pyridine rings is 1. The number of benzene rings is 1. The molecule has 0 bridgehead atoms. The van der Waals surface area contributed by atoms with Gasteiger partial charge in [0.2, 0.25) is 0 Å². The highest BCUT2D eigenvalue weighted by molar-refractivity contribution is 5.95. The van der Waals surface area contributed by atoms with Gasteiger partial charge in [-0.3, -0.25) is 0 Å². The van der Waals surface area contributed by atoms with E-state index in [4.69, 9.17) is 5.73 Å². The van der Waals surface area contributed by atoms with Gasteiger partial charge in [-0.1, -0.05) is 12.1 Å². The number of nitrogens with zero attached hydrogens (tertiary/aromatic N) is 1. The van der Waals surface area contributed by atoms with Gasteiger partial charge in [0, 0.05) is 5.56 Å². The molecule has 0 saturated carbocycles. The lowest BCUT2D eigenvalue weighted by Gasteiger charge is -2.11. The molecule has 1 heterocycles. The Morgan fingerprint density at radius 2 is 1.95 bits per heavy atom. The molecule has 0 saturated heterocycles. The van der Waals surface area contributed by atoms with Crippen LogP contribution in [0.4, 0.5) is 19.0 Å². The second-order valence-electron chi connectivity index (χ2n) is 4.20. The van der Waals surface area contributed by atoms with E-state index < -0.39 is 18.1 Å². The SMILES string of the molecule is COC(=O)c1nc(N)ccc1-c1cccc(OC(F)(F)F)c1. The fraction of sp³-hybridized carbons (Fsp3) is 0.143. The summed E-state index contributed by atoms with van der Waals surface area (Å²) in [6, 6.07) is 8.09. The standard InChI is InChI=1S/C14H11F3N2O3/c1-21-13(20)12-10(5-6-11(18)19-12)8-3-2-4-9(7-8)22-14(15,16)17/h2-7H,1H3,(H2,18,19). The third-order valence-electron chi connectivity index (χ3n) is 2.67. The number of esters is 1. The molecule has 1 aromatic carbocycles. The van der Waals surface area contributed by atoms with Gasteiger partial charge in [-0.15, -0.1) is 13.2 Å². The predicted molar refractivity (Wildman–Crippen MR) is 72.1 cm³/mol. The average Bonchev–Trinajstić information content (AvgIpc) is 2.44. The van der Waals surface area contributed by atoms with Crippen molar-refractivity contribution in [3.05, 3.63) is 42.1 Å². The summed E-state index contributed by atoms with van der Waals surface area (Å²) in [7, 11) is 1.17. The lowest BCUT2D eigenvalue weighted by Crippen LogP contribution is -2.17. The van der Waals surface area contributed by atoms with Crippen LogP contribution >= 0.6 is 0 Å². The van der Waals surface area contributed by atoms with Crippen LogP contribution in [0.25, 0.3) is 11.1 Å². The maximum atomic E-state index is 12.3. The summed E-state index contributed by atoms with van der Waals surface area (Å²) in [4.78, 5) is 15.6. The number of hydrogen-bond acceptors (Lipinski definition) is 5.